The Balaban J connectivity index is 0.000000192. The highest BCUT2D eigenvalue weighted by molar-refractivity contribution is 7.08. The molecule has 0 aliphatic heterocycles. The Morgan fingerprint density at radius 1 is 0.721 bits per heavy atom. The zero-order chi connectivity index (χ0) is 29.3. The van der Waals surface area contributed by atoms with E-state index in [1.807, 2.05) is 76.9 Å². The zero-order valence-electron chi connectivity index (χ0n) is 23.5. The van der Waals surface area contributed by atoms with E-state index in [1.54, 1.807) is 41.3 Å². The minimum absolute atomic E-state index is 0. The van der Waals surface area contributed by atoms with Gasteiger partial charge in [0.1, 0.15) is 0 Å². The lowest BCUT2D eigenvalue weighted by Gasteiger charge is -2.11. The summed E-state index contributed by atoms with van der Waals surface area (Å²) in [5, 5.41) is 18.2. The first-order valence-electron chi connectivity index (χ1n) is 13.5. The number of carbonyl (C=O) groups is 2. The van der Waals surface area contributed by atoms with Crippen molar-refractivity contribution < 1.29 is 9.59 Å². The summed E-state index contributed by atoms with van der Waals surface area (Å²) in [5.41, 5.74) is 9.85. The lowest BCUT2D eigenvalue weighted by atomic mass is 10.0. The van der Waals surface area contributed by atoms with Crippen molar-refractivity contribution in [3.63, 3.8) is 0 Å². The Morgan fingerprint density at radius 3 is 1.74 bits per heavy atom. The maximum Gasteiger partial charge on any atom is 0.226 e. The zero-order valence-corrected chi connectivity index (χ0v) is 25.9. The van der Waals surface area contributed by atoms with E-state index in [0.717, 1.165) is 38.5 Å². The fraction of sp³-hybridized carbons (Fsp3) is 0.152. The third-order valence-corrected chi connectivity index (χ3v) is 8.23. The Kier molecular flexibility index (Phi) is 11.4. The van der Waals surface area contributed by atoms with Gasteiger partial charge in [-0.25, -0.2) is 0 Å². The minimum atomic E-state index is -0.263. The Morgan fingerprint density at radius 2 is 1.23 bits per heavy atom. The first-order chi connectivity index (χ1) is 20.4. The number of thiophene rings is 2. The molecule has 0 saturated heterocycles. The quantitative estimate of drug-likeness (QED) is 0.157. The second-order valence-electron chi connectivity index (χ2n) is 10.0. The van der Waals surface area contributed by atoms with Gasteiger partial charge in [-0.15, -0.1) is 12.4 Å². The molecule has 0 aliphatic rings. The number of fused-ring (bicyclic) bond motifs is 2. The number of benzene rings is 2. The molecule has 4 heterocycles. The minimum Gasteiger partial charge on any atom is -0.326 e. The van der Waals surface area contributed by atoms with Gasteiger partial charge >= 0.3 is 0 Å². The van der Waals surface area contributed by atoms with Gasteiger partial charge in [0.05, 0.1) is 0 Å². The number of nitrogens with zero attached hydrogens (tertiary/aromatic N) is 2. The maximum atomic E-state index is 12.1. The van der Waals surface area contributed by atoms with Gasteiger partial charge in [-0.05, 0) is 97.9 Å². The van der Waals surface area contributed by atoms with Crippen LogP contribution in [0.4, 0.5) is 11.4 Å². The van der Waals surface area contributed by atoms with Crippen LogP contribution in [0.25, 0.3) is 21.5 Å². The van der Waals surface area contributed by atoms with Crippen molar-refractivity contribution in [1.29, 1.82) is 0 Å². The van der Waals surface area contributed by atoms with Crippen molar-refractivity contribution in [1.82, 2.24) is 9.97 Å². The normalized spacial score (nSPS) is 12.0. The van der Waals surface area contributed by atoms with E-state index < -0.39 is 0 Å². The van der Waals surface area contributed by atoms with Crippen LogP contribution in [0.5, 0.6) is 0 Å². The van der Waals surface area contributed by atoms with E-state index in [-0.39, 0.29) is 42.6 Å². The molecule has 43 heavy (non-hydrogen) atoms. The molecule has 4 aromatic heterocycles. The van der Waals surface area contributed by atoms with Crippen LogP contribution in [0.2, 0.25) is 0 Å². The van der Waals surface area contributed by atoms with E-state index in [9.17, 15) is 9.59 Å². The third kappa shape index (κ3) is 8.92. The highest BCUT2D eigenvalue weighted by atomic mass is 35.5. The highest BCUT2D eigenvalue weighted by Gasteiger charge is 2.13. The van der Waals surface area contributed by atoms with Crippen LogP contribution in [0.1, 0.15) is 42.9 Å². The lowest BCUT2D eigenvalue weighted by molar-refractivity contribution is -0.117. The molecule has 6 rings (SSSR count). The molecule has 2 amide bonds. The van der Waals surface area contributed by atoms with E-state index in [2.05, 4.69) is 39.0 Å². The predicted molar refractivity (Wildman–Crippen MR) is 181 cm³/mol. The molecule has 2 aromatic carbocycles. The van der Waals surface area contributed by atoms with Crippen LogP contribution in [-0.2, 0) is 9.59 Å². The average molecular weight is 630 g/mol. The summed E-state index contributed by atoms with van der Waals surface area (Å²) in [6.45, 7) is 2.08. The fourth-order valence-corrected chi connectivity index (χ4v) is 6.01. The second-order valence-corrected chi connectivity index (χ2v) is 11.6. The van der Waals surface area contributed by atoms with Crippen LogP contribution >= 0.6 is 35.1 Å². The predicted octanol–water partition coefficient (Wildman–Crippen LogP) is 8.18. The molecule has 7 nitrogen and oxygen atoms in total. The second kappa shape index (κ2) is 15.4. The van der Waals surface area contributed by atoms with Gasteiger partial charge < -0.3 is 16.4 Å². The molecule has 2 unspecified atom stereocenters. The molecule has 0 spiro atoms. The monoisotopic (exact) mass is 629 g/mol. The summed E-state index contributed by atoms with van der Waals surface area (Å²) >= 11 is 3.25. The Hall–Kier alpha value is -4.15. The molecule has 0 fully saturated rings. The summed E-state index contributed by atoms with van der Waals surface area (Å²) in [4.78, 5) is 32.3. The van der Waals surface area contributed by atoms with Crippen molar-refractivity contribution >= 4 is 79.8 Å². The smallest absolute Gasteiger partial charge is 0.226 e. The largest absolute Gasteiger partial charge is 0.326 e. The third-order valence-electron chi connectivity index (χ3n) is 6.83. The molecular weight excluding hydrogens is 598 g/mol. The number of aromatic nitrogens is 2. The number of halogens is 1. The highest BCUT2D eigenvalue weighted by Crippen LogP contribution is 2.24. The van der Waals surface area contributed by atoms with Crippen molar-refractivity contribution in [3.8, 4) is 0 Å². The number of carbonyl (C=O) groups excluding carboxylic acids is 2. The topological polar surface area (TPSA) is 110 Å². The number of anilines is 2. The average Bonchev–Trinajstić information content (AvgIpc) is 3.73. The number of nitrogens with one attached hydrogen (secondary N) is 2. The number of hydrogen-bond acceptors (Lipinski definition) is 7. The summed E-state index contributed by atoms with van der Waals surface area (Å²) in [6.07, 6.45) is 7.87. The van der Waals surface area contributed by atoms with Gasteiger partial charge in [-0.2, -0.15) is 22.7 Å². The summed E-state index contributed by atoms with van der Waals surface area (Å²) < 4.78 is 0. The first kappa shape index (κ1) is 31.8. The molecule has 0 aliphatic carbocycles. The van der Waals surface area contributed by atoms with Gasteiger partial charge in [0.25, 0.3) is 0 Å². The van der Waals surface area contributed by atoms with Gasteiger partial charge in [-0.1, -0.05) is 19.1 Å². The van der Waals surface area contributed by atoms with Gasteiger partial charge in [-0.3, -0.25) is 19.6 Å². The number of nitrogens with two attached hydrogens (primary N) is 1. The van der Waals surface area contributed by atoms with Crippen molar-refractivity contribution in [2.75, 3.05) is 10.6 Å². The molecule has 2 atom stereocenters. The number of hydrogen-bond donors (Lipinski definition) is 3. The SMILES string of the molecule is CC(CC(=O)Nc1ccc2cnccc2c1)c1ccsc1.Cl.NC(CC(=O)Nc1ccc2cnccc2c1)c1ccsc1. The number of pyridine rings is 2. The maximum absolute atomic E-state index is 12.1. The van der Waals surface area contributed by atoms with Gasteiger partial charge in [0.2, 0.25) is 11.8 Å². The Labute approximate surface area is 264 Å². The summed E-state index contributed by atoms with van der Waals surface area (Å²) in [7, 11) is 0. The van der Waals surface area contributed by atoms with Crippen LogP contribution in [0, 0.1) is 0 Å². The lowest BCUT2D eigenvalue weighted by Crippen LogP contribution is -2.20. The molecule has 4 N–H and O–H groups in total. The Bertz CT molecular complexity index is 1650. The van der Waals surface area contributed by atoms with E-state index in [4.69, 9.17) is 5.73 Å². The standard InChI is InChI=1S/C17H16N2OS.C16H15N3OS.ClH/c1-12(15-5-7-21-11-15)8-17(20)19-16-3-2-14-10-18-6-4-13(14)9-16;17-15(13-4-6-21-10-13)8-16(20)19-14-2-1-12-9-18-5-3-11(12)7-14;/h2-7,9-12H,8H2,1H3,(H,19,20);1-7,9-10,15H,8,17H2,(H,19,20);1H. The van der Waals surface area contributed by atoms with Crippen LogP contribution < -0.4 is 16.4 Å². The van der Waals surface area contributed by atoms with Gasteiger partial charge in [0, 0.05) is 65.8 Å². The molecule has 0 radical (unpaired) electrons. The van der Waals surface area contributed by atoms with E-state index in [1.165, 1.54) is 5.56 Å². The van der Waals surface area contributed by atoms with E-state index >= 15 is 0 Å². The molecule has 0 bridgehead atoms. The number of rotatable bonds is 8. The molecule has 0 saturated carbocycles. The van der Waals surface area contributed by atoms with Crippen molar-refractivity contribution in [2.45, 2.75) is 31.7 Å². The van der Waals surface area contributed by atoms with E-state index in [0.29, 0.717) is 6.42 Å². The summed E-state index contributed by atoms with van der Waals surface area (Å²) in [5.74, 6) is 0.199. The molecule has 220 valence electrons. The van der Waals surface area contributed by atoms with Crippen molar-refractivity contribution in [3.05, 3.63) is 118 Å². The van der Waals surface area contributed by atoms with Crippen molar-refractivity contribution in [2.24, 2.45) is 5.73 Å². The van der Waals surface area contributed by atoms with Crippen LogP contribution in [0.15, 0.2) is 107 Å². The van der Waals surface area contributed by atoms with Crippen LogP contribution in [0.3, 0.4) is 0 Å². The summed E-state index contributed by atoms with van der Waals surface area (Å²) in [6, 6.07) is 19.2. The van der Waals surface area contributed by atoms with Gasteiger partial charge in [0.15, 0.2) is 0 Å². The fourth-order valence-electron chi connectivity index (χ4n) is 4.50. The number of amides is 2. The molecular formula is C33H32ClN5O2S2. The van der Waals surface area contributed by atoms with Crippen LogP contribution in [-0.4, -0.2) is 21.8 Å². The first-order valence-corrected chi connectivity index (χ1v) is 15.4. The molecule has 10 heteroatoms. The molecule has 6 aromatic rings.